The number of aryl methyl sites for hydroxylation is 2. The van der Waals surface area contributed by atoms with Crippen LogP contribution in [0, 0.1) is 13.8 Å². The van der Waals surface area contributed by atoms with Crippen LogP contribution in [-0.2, 0) is 6.42 Å². The summed E-state index contributed by atoms with van der Waals surface area (Å²) in [6, 6.07) is 2.42. The third kappa shape index (κ3) is 2.83. The molecule has 0 aliphatic heterocycles. The highest BCUT2D eigenvalue weighted by Crippen LogP contribution is 2.30. The van der Waals surface area contributed by atoms with Gasteiger partial charge < -0.3 is 5.32 Å². The van der Waals surface area contributed by atoms with Crippen LogP contribution in [0.1, 0.15) is 54.9 Å². The van der Waals surface area contributed by atoms with Crippen LogP contribution < -0.4 is 5.32 Å². The number of hydrogen-bond donors (Lipinski definition) is 1. The molecule has 0 saturated carbocycles. The van der Waals surface area contributed by atoms with Crippen molar-refractivity contribution in [1.29, 1.82) is 0 Å². The van der Waals surface area contributed by atoms with E-state index in [-0.39, 0.29) is 0 Å². The van der Waals surface area contributed by atoms with Crippen molar-refractivity contribution in [2.45, 2.75) is 52.5 Å². The second-order valence-electron chi connectivity index (χ2n) is 5.81. The lowest BCUT2D eigenvalue weighted by molar-refractivity contribution is 0.455. The molecule has 0 radical (unpaired) electrons. The smallest absolute Gasteiger partial charge is 0.251 e. The van der Waals surface area contributed by atoms with Gasteiger partial charge in [0.2, 0.25) is 0 Å². The molecule has 112 valence electrons. The molecule has 1 aliphatic carbocycles. The first-order valence-electron chi connectivity index (χ1n) is 7.82. The molecule has 2 aromatic rings. The molecule has 0 spiro atoms. The molecule has 0 aromatic carbocycles. The van der Waals surface area contributed by atoms with Gasteiger partial charge in [0.15, 0.2) is 0 Å². The van der Waals surface area contributed by atoms with Crippen LogP contribution in [0.15, 0.2) is 12.3 Å². The lowest BCUT2D eigenvalue weighted by Gasteiger charge is -2.23. The maximum Gasteiger partial charge on any atom is 0.251 e. The quantitative estimate of drug-likeness (QED) is 0.938. The minimum Gasteiger partial charge on any atom is -0.310 e. The third-order valence-corrected chi connectivity index (χ3v) is 3.98. The molecule has 1 N–H and O–H groups in total. The topological polar surface area (TPSA) is 55.6 Å². The van der Waals surface area contributed by atoms with Crippen molar-refractivity contribution in [3.05, 3.63) is 34.9 Å². The number of hydrogen-bond acceptors (Lipinski definition) is 4. The Morgan fingerprint density at radius 1 is 1.29 bits per heavy atom. The van der Waals surface area contributed by atoms with Crippen molar-refractivity contribution < 1.29 is 0 Å². The van der Waals surface area contributed by atoms with Crippen molar-refractivity contribution in [3.63, 3.8) is 0 Å². The van der Waals surface area contributed by atoms with E-state index in [9.17, 15) is 0 Å². The SMILES string of the molecule is CCCNC1CCCc2c1cnn2-c1nc(C)cc(C)n1. The summed E-state index contributed by atoms with van der Waals surface area (Å²) in [5.74, 6) is 0.699. The van der Waals surface area contributed by atoms with Crippen LogP contribution in [0.5, 0.6) is 0 Å². The number of nitrogens with one attached hydrogen (secondary N) is 1. The zero-order valence-electron chi connectivity index (χ0n) is 13.1. The van der Waals surface area contributed by atoms with Gasteiger partial charge in [-0.2, -0.15) is 5.10 Å². The van der Waals surface area contributed by atoms with E-state index in [4.69, 9.17) is 0 Å². The lowest BCUT2D eigenvalue weighted by Crippen LogP contribution is -2.26. The third-order valence-electron chi connectivity index (χ3n) is 3.98. The van der Waals surface area contributed by atoms with E-state index >= 15 is 0 Å². The summed E-state index contributed by atoms with van der Waals surface area (Å²) < 4.78 is 1.93. The molecule has 5 nitrogen and oxygen atoms in total. The zero-order valence-corrected chi connectivity index (χ0v) is 13.1. The van der Waals surface area contributed by atoms with Crippen LogP contribution in [0.4, 0.5) is 0 Å². The van der Waals surface area contributed by atoms with Crippen LogP contribution in [0.3, 0.4) is 0 Å². The monoisotopic (exact) mass is 285 g/mol. The predicted octanol–water partition coefficient (Wildman–Crippen LogP) is 2.66. The fraction of sp³-hybridized carbons (Fsp3) is 0.562. The van der Waals surface area contributed by atoms with Crippen LogP contribution in [-0.4, -0.2) is 26.3 Å². The average molecular weight is 285 g/mol. The fourth-order valence-corrected chi connectivity index (χ4v) is 3.06. The molecule has 0 amide bonds. The van der Waals surface area contributed by atoms with Crippen molar-refractivity contribution in [1.82, 2.24) is 25.1 Å². The van der Waals surface area contributed by atoms with E-state index in [2.05, 4.69) is 27.3 Å². The minimum absolute atomic E-state index is 0.424. The van der Waals surface area contributed by atoms with E-state index in [1.807, 2.05) is 30.8 Å². The minimum atomic E-state index is 0.424. The van der Waals surface area contributed by atoms with Crippen LogP contribution >= 0.6 is 0 Å². The highest BCUT2D eigenvalue weighted by molar-refractivity contribution is 5.30. The lowest BCUT2D eigenvalue weighted by atomic mass is 9.93. The summed E-state index contributed by atoms with van der Waals surface area (Å²) in [6.45, 7) is 7.25. The first-order chi connectivity index (χ1) is 10.2. The Bertz CT molecular complexity index is 611. The molecule has 2 heterocycles. The molecular formula is C16H23N5. The molecule has 5 heteroatoms. The van der Waals surface area contributed by atoms with E-state index in [0.29, 0.717) is 12.0 Å². The van der Waals surface area contributed by atoms with Crippen LogP contribution in [0.25, 0.3) is 5.95 Å². The van der Waals surface area contributed by atoms with Gasteiger partial charge in [-0.05, 0) is 52.1 Å². The maximum absolute atomic E-state index is 4.56. The highest BCUT2D eigenvalue weighted by Gasteiger charge is 2.25. The van der Waals surface area contributed by atoms with Gasteiger partial charge in [-0.1, -0.05) is 6.92 Å². The summed E-state index contributed by atoms with van der Waals surface area (Å²) in [5.41, 5.74) is 4.55. The van der Waals surface area contributed by atoms with Gasteiger partial charge in [0.05, 0.1) is 11.9 Å². The number of fused-ring (bicyclic) bond motifs is 1. The van der Waals surface area contributed by atoms with Gasteiger partial charge in [0.1, 0.15) is 0 Å². The Labute approximate surface area is 125 Å². The molecule has 0 saturated heterocycles. The second-order valence-corrected chi connectivity index (χ2v) is 5.81. The molecule has 1 aliphatic rings. The summed E-state index contributed by atoms with van der Waals surface area (Å²) in [4.78, 5) is 9.08. The average Bonchev–Trinajstić information content (AvgIpc) is 2.88. The van der Waals surface area contributed by atoms with E-state index in [1.54, 1.807) is 0 Å². The normalized spacial score (nSPS) is 17.8. The Morgan fingerprint density at radius 3 is 2.76 bits per heavy atom. The van der Waals surface area contributed by atoms with Crippen LogP contribution in [0.2, 0.25) is 0 Å². The standard InChI is InChI=1S/C16H23N5/c1-4-8-17-14-6-5-7-15-13(14)10-18-21(15)16-19-11(2)9-12(3)20-16/h9-10,14,17H,4-8H2,1-3H3. The Balaban J connectivity index is 1.97. The van der Waals surface area contributed by atoms with Gasteiger partial charge in [-0.25, -0.2) is 14.6 Å². The molecule has 1 atom stereocenters. The molecule has 0 bridgehead atoms. The maximum atomic E-state index is 4.56. The summed E-state index contributed by atoms with van der Waals surface area (Å²) in [6.07, 6.45) is 6.57. The van der Waals surface area contributed by atoms with Crippen molar-refractivity contribution in [2.24, 2.45) is 0 Å². The van der Waals surface area contributed by atoms with Gasteiger partial charge in [-0.3, -0.25) is 0 Å². The van der Waals surface area contributed by atoms with Crippen molar-refractivity contribution >= 4 is 0 Å². The largest absolute Gasteiger partial charge is 0.310 e. The number of nitrogens with zero attached hydrogens (tertiary/aromatic N) is 4. The van der Waals surface area contributed by atoms with Gasteiger partial charge in [0.25, 0.3) is 5.95 Å². The van der Waals surface area contributed by atoms with Gasteiger partial charge in [-0.15, -0.1) is 0 Å². The van der Waals surface area contributed by atoms with E-state index < -0.39 is 0 Å². The molecule has 0 fully saturated rings. The van der Waals surface area contributed by atoms with Crippen molar-refractivity contribution in [3.8, 4) is 5.95 Å². The fourth-order valence-electron chi connectivity index (χ4n) is 3.06. The predicted molar refractivity (Wildman–Crippen MR) is 82.6 cm³/mol. The highest BCUT2D eigenvalue weighted by atomic mass is 15.4. The summed E-state index contributed by atoms with van der Waals surface area (Å²) in [7, 11) is 0. The van der Waals surface area contributed by atoms with E-state index in [0.717, 1.165) is 30.8 Å². The second kappa shape index (κ2) is 5.93. The first-order valence-corrected chi connectivity index (χ1v) is 7.82. The Morgan fingerprint density at radius 2 is 2.05 bits per heavy atom. The van der Waals surface area contributed by atoms with Gasteiger partial charge in [0, 0.05) is 23.0 Å². The van der Waals surface area contributed by atoms with Gasteiger partial charge >= 0.3 is 0 Å². The number of rotatable bonds is 4. The van der Waals surface area contributed by atoms with E-state index in [1.165, 1.54) is 24.1 Å². The molecule has 3 rings (SSSR count). The summed E-state index contributed by atoms with van der Waals surface area (Å²) in [5, 5.41) is 8.18. The molecule has 21 heavy (non-hydrogen) atoms. The zero-order chi connectivity index (χ0) is 14.8. The Kier molecular flexibility index (Phi) is 4.01. The molecular weight excluding hydrogens is 262 g/mol. The van der Waals surface area contributed by atoms with Crippen molar-refractivity contribution in [2.75, 3.05) is 6.54 Å². The Hall–Kier alpha value is -1.75. The molecule has 2 aromatic heterocycles. The molecule has 1 unspecified atom stereocenters. The summed E-state index contributed by atoms with van der Waals surface area (Å²) >= 11 is 0. The first kappa shape index (κ1) is 14.2. The number of aromatic nitrogens is 4.